The zero-order chi connectivity index (χ0) is 24.5. The first-order valence-electron chi connectivity index (χ1n) is 12.1. The average Bonchev–Trinajstić information content (AvgIpc) is 3.09. The van der Waals surface area contributed by atoms with Gasteiger partial charge >= 0.3 is 0 Å². The van der Waals surface area contributed by atoms with Crippen LogP contribution in [0.3, 0.4) is 0 Å². The summed E-state index contributed by atoms with van der Waals surface area (Å²) in [7, 11) is 0. The molecular formula is C28H30N4O3. The van der Waals surface area contributed by atoms with Crippen LogP contribution in [0.1, 0.15) is 36.9 Å². The first-order valence-corrected chi connectivity index (χ1v) is 12.1. The Bertz CT molecular complexity index is 1200. The third kappa shape index (κ3) is 4.77. The van der Waals surface area contributed by atoms with Gasteiger partial charge in [0.25, 0.3) is 11.8 Å². The lowest BCUT2D eigenvalue weighted by Crippen LogP contribution is -2.52. The summed E-state index contributed by atoms with van der Waals surface area (Å²) in [6, 6.07) is 18.0. The number of allylic oxidation sites excluding steroid dienone is 1. The average molecular weight is 471 g/mol. The minimum atomic E-state index is -0.808. The number of rotatable bonds is 7. The zero-order valence-electron chi connectivity index (χ0n) is 19.9. The van der Waals surface area contributed by atoms with Crippen LogP contribution in [0, 0.1) is 5.92 Å². The van der Waals surface area contributed by atoms with Crippen molar-refractivity contribution in [1.82, 2.24) is 15.1 Å². The summed E-state index contributed by atoms with van der Waals surface area (Å²) in [4.78, 5) is 41.4. The Kier molecular flexibility index (Phi) is 6.26. The van der Waals surface area contributed by atoms with Gasteiger partial charge in [-0.25, -0.2) is 0 Å². The van der Waals surface area contributed by atoms with E-state index in [0.717, 1.165) is 35.7 Å². The van der Waals surface area contributed by atoms with Crippen molar-refractivity contribution in [1.29, 1.82) is 0 Å². The van der Waals surface area contributed by atoms with Crippen LogP contribution in [-0.2, 0) is 20.8 Å². The van der Waals surface area contributed by atoms with E-state index in [-0.39, 0.29) is 17.6 Å². The number of likely N-dealkylation sites (tertiary alicyclic amines) is 1. The summed E-state index contributed by atoms with van der Waals surface area (Å²) in [5.41, 5.74) is 4.06. The first-order chi connectivity index (χ1) is 16.9. The maximum absolute atomic E-state index is 13.0. The number of carbonyl (C=O) groups is 3. The van der Waals surface area contributed by atoms with E-state index in [1.54, 1.807) is 0 Å². The molecule has 0 spiro atoms. The van der Waals surface area contributed by atoms with Gasteiger partial charge in [-0.05, 0) is 55.4 Å². The largest absolute Gasteiger partial charge is 0.351 e. The summed E-state index contributed by atoms with van der Waals surface area (Å²) >= 11 is 0. The van der Waals surface area contributed by atoms with Gasteiger partial charge in [0.1, 0.15) is 11.7 Å². The highest BCUT2D eigenvalue weighted by molar-refractivity contribution is 6.19. The monoisotopic (exact) mass is 470 g/mol. The molecule has 3 aliphatic heterocycles. The summed E-state index contributed by atoms with van der Waals surface area (Å²) in [6.45, 7) is 8.05. The van der Waals surface area contributed by atoms with Crippen molar-refractivity contribution in [3.63, 3.8) is 0 Å². The van der Waals surface area contributed by atoms with Crippen molar-refractivity contribution in [2.24, 2.45) is 5.92 Å². The molecule has 2 atom stereocenters. The summed E-state index contributed by atoms with van der Waals surface area (Å²) in [6.07, 6.45) is 3.30. The fourth-order valence-corrected chi connectivity index (χ4v) is 5.12. The Morgan fingerprint density at radius 2 is 1.86 bits per heavy atom. The predicted octanol–water partition coefficient (Wildman–Crippen LogP) is 3.38. The summed E-state index contributed by atoms with van der Waals surface area (Å²) < 4.78 is 0. The fourth-order valence-electron chi connectivity index (χ4n) is 5.12. The van der Waals surface area contributed by atoms with Crippen LogP contribution in [0.25, 0.3) is 0 Å². The number of imide groups is 1. The molecule has 0 bridgehead atoms. The van der Waals surface area contributed by atoms with Gasteiger partial charge in [-0.2, -0.15) is 0 Å². The van der Waals surface area contributed by atoms with Crippen molar-refractivity contribution in [2.45, 2.75) is 38.3 Å². The molecule has 0 aromatic heterocycles. The molecule has 2 fully saturated rings. The van der Waals surface area contributed by atoms with Crippen molar-refractivity contribution in [3.8, 4) is 0 Å². The number of hydrogen-bond acceptors (Lipinski definition) is 5. The molecule has 35 heavy (non-hydrogen) atoms. The normalized spacial score (nSPS) is 22.0. The molecule has 0 aliphatic carbocycles. The third-order valence-corrected chi connectivity index (χ3v) is 7.14. The molecule has 3 amide bonds. The van der Waals surface area contributed by atoms with Gasteiger partial charge in [-0.1, -0.05) is 49.0 Å². The molecule has 5 rings (SSSR count). The number of nitrogens with one attached hydrogen (secondary N) is 2. The summed E-state index contributed by atoms with van der Waals surface area (Å²) in [5, 5.41) is 5.75. The number of nitrogens with zero attached hydrogens (tertiary/aromatic N) is 2. The van der Waals surface area contributed by atoms with Gasteiger partial charge in [0.05, 0.1) is 0 Å². The van der Waals surface area contributed by atoms with Crippen LogP contribution in [0.4, 0.5) is 5.69 Å². The highest BCUT2D eigenvalue weighted by Crippen LogP contribution is 2.32. The van der Waals surface area contributed by atoms with Crippen molar-refractivity contribution < 1.29 is 14.4 Å². The Labute approximate surface area is 205 Å². The van der Waals surface area contributed by atoms with Gasteiger partial charge in [0, 0.05) is 36.6 Å². The standard InChI is InChI=1S/C28H30N4O3/c1-18-11-12-25(27(34)29-18)32-26(33)15-24(28(32)35)30-23-10-6-9-22(14-23)19(2)31-16-21(17-31)13-20-7-4-3-5-8-20/h3-10,14-15,19,21,25,30H,1,11-13,16-17H2,2H3,(H,29,34). The topological polar surface area (TPSA) is 81.8 Å². The number of anilines is 1. The lowest BCUT2D eigenvalue weighted by Gasteiger charge is -2.43. The molecule has 2 saturated heterocycles. The Morgan fingerprint density at radius 3 is 2.60 bits per heavy atom. The van der Waals surface area contributed by atoms with E-state index < -0.39 is 17.9 Å². The number of amides is 3. The Balaban J connectivity index is 1.20. The van der Waals surface area contributed by atoms with Crippen molar-refractivity contribution in [3.05, 3.63) is 89.8 Å². The molecular weight excluding hydrogens is 440 g/mol. The number of hydrogen-bond donors (Lipinski definition) is 2. The minimum absolute atomic E-state index is 0.184. The molecule has 0 radical (unpaired) electrons. The van der Waals surface area contributed by atoms with Gasteiger partial charge < -0.3 is 10.6 Å². The summed E-state index contributed by atoms with van der Waals surface area (Å²) in [5.74, 6) is -0.658. The third-order valence-electron chi connectivity index (χ3n) is 7.14. The highest BCUT2D eigenvalue weighted by atomic mass is 16.2. The second-order valence-electron chi connectivity index (χ2n) is 9.65. The zero-order valence-corrected chi connectivity index (χ0v) is 19.9. The van der Waals surface area contributed by atoms with E-state index in [2.05, 4.69) is 59.4 Å². The molecule has 180 valence electrons. The molecule has 7 nitrogen and oxygen atoms in total. The van der Waals surface area contributed by atoms with E-state index in [1.165, 1.54) is 11.6 Å². The number of piperidine rings is 1. The fraction of sp³-hybridized carbons (Fsp3) is 0.321. The van der Waals surface area contributed by atoms with Gasteiger partial charge in [0.15, 0.2) is 0 Å². The maximum Gasteiger partial charge on any atom is 0.278 e. The number of carbonyl (C=O) groups excluding carboxylic acids is 3. The first kappa shape index (κ1) is 23.1. The van der Waals surface area contributed by atoms with E-state index in [9.17, 15) is 14.4 Å². The molecule has 2 unspecified atom stereocenters. The highest BCUT2D eigenvalue weighted by Gasteiger charge is 2.41. The van der Waals surface area contributed by atoms with E-state index >= 15 is 0 Å². The number of benzene rings is 2. The molecule has 3 heterocycles. The molecule has 0 saturated carbocycles. The van der Waals surface area contributed by atoms with E-state index in [0.29, 0.717) is 24.5 Å². The second kappa shape index (κ2) is 9.50. The molecule has 2 N–H and O–H groups in total. The van der Waals surface area contributed by atoms with Crippen LogP contribution in [-0.4, -0.2) is 46.7 Å². The molecule has 2 aromatic carbocycles. The Hall–Kier alpha value is -3.71. The predicted molar refractivity (Wildman–Crippen MR) is 134 cm³/mol. The second-order valence-corrected chi connectivity index (χ2v) is 9.65. The van der Waals surface area contributed by atoms with Crippen molar-refractivity contribution >= 4 is 23.4 Å². The lowest BCUT2D eigenvalue weighted by atomic mass is 9.89. The Morgan fingerprint density at radius 1 is 1.09 bits per heavy atom. The van der Waals surface area contributed by atoms with Crippen LogP contribution < -0.4 is 10.6 Å². The molecule has 7 heteroatoms. The van der Waals surface area contributed by atoms with E-state index in [1.807, 2.05) is 24.3 Å². The smallest absolute Gasteiger partial charge is 0.278 e. The van der Waals surface area contributed by atoms with Gasteiger partial charge in [0.2, 0.25) is 5.91 Å². The maximum atomic E-state index is 13.0. The van der Waals surface area contributed by atoms with Crippen LogP contribution in [0.15, 0.2) is 78.6 Å². The van der Waals surface area contributed by atoms with Gasteiger partial charge in [-0.3, -0.25) is 24.2 Å². The van der Waals surface area contributed by atoms with Crippen molar-refractivity contribution in [2.75, 3.05) is 18.4 Å². The minimum Gasteiger partial charge on any atom is -0.351 e. The quantitative estimate of drug-likeness (QED) is 0.607. The van der Waals surface area contributed by atoms with Crippen LogP contribution >= 0.6 is 0 Å². The molecule has 3 aliphatic rings. The van der Waals surface area contributed by atoms with E-state index in [4.69, 9.17) is 0 Å². The molecule has 2 aromatic rings. The van der Waals surface area contributed by atoms with Crippen LogP contribution in [0.2, 0.25) is 0 Å². The van der Waals surface area contributed by atoms with Crippen LogP contribution in [0.5, 0.6) is 0 Å². The van der Waals surface area contributed by atoms with Gasteiger partial charge in [-0.15, -0.1) is 0 Å². The SMILES string of the molecule is C=C1CCC(N2C(=O)C=C(Nc3cccc(C(C)N4CC(Cc5ccccc5)C4)c3)C2=O)C(=O)N1. The lowest BCUT2D eigenvalue weighted by molar-refractivity contribution is -0.146.